The van der Waals surface area contributed by atoms with Crippen LogP contribution >= 0.6 is 176 Å². The van der Waals surface area contributed by atoms with Gasteiger partial charge in [-0.25, -0.2) is 47.2 Å². The molecule has 3 aromatic heterocycles. The van der Waals surface area contributed by atoms with Crippen molar-refractivity contribution in [2.75, 3.05) is 49.8 Å². The molecule has 439 valence electrons. The summed E-state index contributed by atoms with van der Waals surface area (Å²) < 4.78 is 92.6. The van der Waals surface area contributed by atoms with Crippen molar-refractivity contribution in [3.8, 4) is 0 Å². The van der Waals surface area contributed by atoms with Crippen LogP contribution in [0.1, 0.15) is 104 Å². The number of nitrogens with two attached hydrogens (primary N) is 2. The number of rotatable bonds is 0. The van der Waals surface area contributed by atoms with Gasteiger partial charge in [-0.15, -0.1) is 0 Å². The molecule has 0 saturated carbocycles. The maximum absolute atomic E-state index is 11.9. The first-order valence-electron chi connectivity index (χ1n) is 21.1. The second-order valence-electron chi connectivity index (χ2n) is 14.9. The molecular weight excluding hydrogens is 1990 g/mol. The molecule has 7 N–H and O–H groups in total. The van der Waals surface area contributed by atoms with Crippen LogP contribution in [0.2, 0.25) is 0 Å². The molecule has 0 bridgehead atoms. The number of anilines is 6. The second kappa shape index (κ2) is 49.4. The molecule has 0 radical (unpaired) electrons. The molecule has 22 nitrogen and oxygen atoms in total. The zero-order valence-corrected chi connectivity index (χ0v) is 66.0. The van der Waals surface area contributed by atoms with Crippen LogP contribution in [0.5, 0.6) is 0 Å². The minimum absolute atomic E-state index is 0.114. The molecule has 75 heavy (non-hydrogen) atoms. The number of nitrogen functional groups attached to an aromatic ring is 2. The normalized spacial score (nSPS) is 12.1. The molecule has 2 aliphatic rings. The number of fused-ring (bicyclic) bond motifs is 2. The molecule has 0 spiro atoms. The number of carbonyl (C=O) groups excluding carboxylic acids is 3. The molecular formula is C41H73I8N9O13S3V. The number of amides is 1. The van der Waals surface area contributed by atoms with Gasteiger partial charge in [0.1, 0.15) is 38.1 Å². The topological polar surface area (TPSA) is 321 Å². The first kappa shape index (κ1) is 89.5. The zero-order chi connectivity index (χ0) is 61.2. The van der Waals surface area contributed by atoms with Crippen molar-refractivity contribution < 1.29 is 68.1 Å². The van der Waals surface area contributed by atoms with Crippen LogP contribution in [0, 0.1) is 0 Å². The Hall–Kier alpha value is 0.734. The van der Waals surface area contributed by atoms with Crippen molar-refractivity contribution in [2.45, 2.75) is 121 Å². The van der Waals surface area contributed by atoms with E-state index in [1.807, 2.05) is 46.5 Å². The van der Waals surface area contributed by atoms with Gasteiger partial charge in [0.05, 0.1) is 13.8 Å². The van der Waals surface area contributed by atoms with Crippen LogP contribution in [0.25, 0.3) is 0 Å². The number of sulfone groups is 1. The fraction of sp³-hybridized carbons (Fsp3) is 0.561. The Morgan fingerprint density at radius 2 is 1.00 bits per heavy atom. The zero-order valence-electron chi connectivity index (χ0n) is 44.9. The van der Waals surface area contributed by atoms with Gasteiger partial charge in [0.25, 0.3) is 0 Å². The van der Waals surface area contributed by atoms with Crippen molar-refractivity contribution in [3.05, 3.63) is 55.0 Å². The monoisotopic (exact) mass is 2060 g/mol. The Kier molecular flexibility index (Phi) is 58.9. The number of nitrogens with zero attached hydrogens (tertiary/aromatic N) is 4. The molecule has 0 saturated heterocycles. The number of alkyl halides is 6. The van der Waals surface area contributed by atoms with Gasteiger partial charge >= 0.3 is 88.2 Å². The summed E-state index contributed by atoms with van der Waals surface area (Å²) >= 11 is 18.4. The van der Waals surface area contributed by atoms with E-state index in [1.54, 1.807) is 98.8 Å². The molecule has 1 amide bonds. The number of nitrogens with one attached hydrogen (secondary N) is 3. The number of hydrogen-bond acceptors (Lipinski definition) is 18. The average Bonchev–Trinajstić information content (AvgIpc) is 3.73. The van der Waals surface area contributed by atoms with E-state index in [2.05, 4.69) is 209 Å². The predicted octanol–water partition coefficient (Wildman–Crippen LogP) is 14.7. The number of pyridine rings is 3. The van der Waals surface area contributed by atoms with Crippen molar-refractivity contribution >= 4 is 259 Å². The first-order chi connectivity index (χ1) is 34.2. The predicted molar refractivity (Wildman–Crippen MR) is 374 cm³/mol. The quantitative estimate of drug-likeness (QED) is 0.0459. The van der Waals surface area contributed by atoms with E-state index in [0.717, 1.165) is 12.4 Å². The standard InChI is InChI=1S/C10H13N3O4S.C10H18O5.C5H5N3O2S.C5H7N3.C2H6O2S.3C2H6.CHI3.CH2I2.CH3I.2HI.V/c1-10(2,3)17-9(14)13-7-5-4-6-11-8(7)12-18(13,15)16;1-9(2,3)14-7(11)13-8(12)15-10(4,5)6;9-11(10)7-4-2-1-3-6-5(4)8-11;6-4-2-1-3-8-5(4)7;1-5(2,3)4;3*1-2;2-1(3)4;2-1-3;1-2;;;/h4-6H,1-3H3,(H,11,12);1-6H3;1-3,7H,(H,6,8);1-3H,6H2,(H2,7,8);1-2H3;3*1-2H3;1H;1H2;1H3;2*1H;/q;;;;;;;;;;;;;+2/p-2. The SMILES string of the molecule is CC.CC.CC.CC(C)(C)OC(=O)N1c2cccnc2NS1(=O)=O.CC(C)(C)OC(=O)OC(=O)OC(C)(C)C.CI.CS(C)(=O)=O.IC(I)I.ICI.Nc1cccnc1N.O=S1(=O)Nc2cccnc2N1.[I][V][I]. The van der Waals surface area contributed by atoms with Gasteiger partial charge in [-0.05, 0) is 104 Å². The fourth-order valence-electron chi connectivity index (χ4n) is 3.34. The van der Waals surface area contributed by atoms with E-state index in [1.165, 1.54) is 20.9 Å². The summed E-state index contributed by atoms with van der Waals surface area (Å²) in [6.45, 7) is 27.0. The van der Waals surface area contributed by atoms with E-state index in [-0.39, 0.29) is 11.5 Å². The molecule has 0 aromatic carbocycles. The Bertz CT molecular complexity index is 2250. The molecule has 0 aliphatic carbocycles. The van der Waals surface area contributed by atoms with Gasteiger partial charge in [-0.1, -0.05) is 177 Å². The molecule has 0 atom stereocenters. The summed E-state index contributed by atoms with van der Waals surface area (Å²) in [5, 5.41) is 0. The van der Waals surface area contributed by atoms with Gasteiger partial charge in [0, 0.05) is 31.1 Å². The Morgan fingerprint density at radius 1 is 0.667 bits per heavy atom. The average molecular weight is 2060 g/mol. The number of carbonyl (C=O) groups is 3. The van der Waals surface area contributed by atoms with Crippen LogP contribution < -0.4 is 29.9 Å². The van der Waals surface area contributed by atoms with Crippen molar-refractivity contribution in [1.29, 1.82) is 0 Å². The summed E-state index contributed by atoms with van der Waals surface area (Å²) in [5.41, 5.74) is 9.63. The van der Waals surface area contributed by atoms with Crippen LogP contribution in [0.4, 0.5) is 48.9 Å². The molecule has 5 heterocycles. The first-order valence-corrected chi connectivity index (χ1v) is 44.3. The summed E-state index contributed by atoms with van der Waals surface area (Å²) in [5.74, 6) is 0.864. The number of halogens is 8. The number of aromatic nitrogens is 3. The molecule has 5 rings (SSSR count). The summed E-state index contributed by atoms with van der Waals surface area (Å²) in [4.78, 5) is 47.3. The molecule has 2 aliphatic heterocycles. The van der Waals surface area contributed by atoms with Crippen LogP contribution in [0.15, 0.2) is 55.0 Å². The van der Waals surface area contributed by atoms with Gasteiger partial charge < -0.3 is 30.4 Å². The van der Waals surface area contributed by atoms with Gasteiger partial charge in [0.2, 0.25) is 0 Å². The molecule has 3 aromatic rings. The fourth-order valence-corrected chi connectivity index (χ4v) is 5.40. The van der Waals surface area contributed by atoms with Crippen LogP contribution in [0.3, 0.4) is 0 Å². The third kappa shape index (κ3) is 59.2. The van der Waals surface area contributed by atoms with E-state index >= 15 is 0 Å². The minimum atomic E-state index is -3.97. The Labute approximate surface area is 558 Å². The van der Waals surface area contributed by atoms with E-state index in [9.17, 15) is 39.6 Å². The summed E-state index contributed by atoms with van der Waals surface area (Å²) in [6, 6.07) is 9.77. The van der Waals surface area contributed by atoms with Gasteiger partial charge in [0.15, 0.2) is 11.6 Å². The van der Waals surface area contributed by atoms with Crippen LogP contribution in [-0.2, 0) is 58.7 Å². The van der Waals surface area contributed by atoms with Gasteiger partial charge in [-0.3, -0.25) is 4.72 Å². The molecule has 34 heteroatoms. The third-order valence-electron chi connectivity index (χ3n) is 5.13. The van der Waals surface area contributed by atoms with Crippen molar-refractivity contribution in [3.63, 3.8) is 0 Å². The second-order valence-corrected chi connectivity index (χ2v) is 47.2. The van der Waals surface area contributed by atoms with Crippen molar-refractivity contribution in [1.82, 2.24) is 15.0 Å². The summed E-state index contributed by atoms with van der Waals surface area (Å²) in [6.07, 6.45) is 3.80. The van der Waals surface area contributed by atoms with E-state index < -0.39 is 65.5 Å². The number of hydrogen-bond donors (Lipinski definition) is 5. The number of ether oxygens (including phenoxy) is 4. The third-order valence-corrected chi connectivity index (χ3v) is 7.36. The molecule has 0 unspecified atom stereocenters. The van der Waals surface area contributed by atoms with Gasteiger partial charge in [-0.2, -0.15) is 21.1 Å². The van der Waals surface area contributed by atoms with Crippen LogP contribution in [-0.4, -0.2) is 95.2 Å². The van der Waals surface area contributed by atoms with E-state index in [0.29, 0.717) is 36.8 Å². The molecule has 0 fully saturated rings. The maximum atomic E-state index is 11.9. The van der Waals surface area contributed by atoms with Crippen molar-refractivity contribution in [2.24, 2.45) is 0 Å². The van der Waals surface area contributed by atoms with E-state index in [4.69, 9.17) is 25.7 Å². The Morgan fingerprint density at radius 3 is 1.32 bits per heavy atom. The summed E-state index contributed by atoms with van der Waals surface area (Å²) in [7, 11) is -9.38. The Balaban J connectivity index is -0.000000147.